The lowest BCUT2D eigenvalue weighted by molar-refractivity contribution is 0.0741. The zero-order valence-electron chi connectivity index (χ0n) is 13.1. The minimum absolute atomic E-state index is 0. The Morgan fingerprint density at radius 1 is 1.35 bits per heavy atom. The average molecular weight is 360 g/mol. The SMILES string of the molecule is CS(=O)(=O)N1CCc2cc(C(=O)N3CCCC3CN)ccc21.Cl. The predicted molar refractivity (Wildman–Crippen MR) is 92.7 cm³/mol. The van der Waals surface area contributed by atoms with Gasteiger partial charge in [-0.3, -0.25) is 9.10 Å². The first-order valence-electron chi connectivity index (χ1n) is 7.53. The van der Waals surface area contributed by atoms with Crippen molar-refractivity contribution in [3.63, 3.8) is 0 Å². The van der Waals surface area contributed by atoms with Gasteiger partial charge < -0.3 is 10.6 Å². The molecule has 1 fully saturated rings. The van der Waals surface area contributed by atoms with Crippen LogP contribution in [0.25, 0.3) is 0 Å². The fourth-order valence-electron chi connectivity index (χ4n) is 3.36. The molecule has 0 radical (unpaired) electrons. The van der Waals surface area contributed by atoms with Crippen LogP contribution >= 0.6 is 12.4 Å². The first-order valence-corrected chi connectivity index (χ1v) is 9.38. The van der Waals surface area contributed by atoms with Gasteiger partial charge in [0.05, 0.1) is 11.9 Å². The number of carbonyl (C=O) groups is 1. The molecular formula is C15H22ClN3O3S. The van der Waals surface area contributed by atoms with Gasteiger partial charge in [-0.1, -0.05) is 0 Å². The highest BCUT2D eigenvalue weighted by molar-refractivity contribution is 7.92. The summed E-state index contributed by atoms with van der Waals surface area (Å²) in [5.74, 6) is -0.00597. The third kappa shape index (κ3) is 3.32. The standard InChI is InChI=1S/C15H21N3O3S.ClH/c1-22(20,21)18-8-6-11-9-12(4-5-14(11)18)15(19)17-7-2-3-13(17)10-16;/h4-5,9,13H,2-3,6-8,10,16H2,1H3;1H. The summed E-state index contributed by atoms with van der Waals surface area (Å²) in [6.45, 7) is 1.67. The number of likely N-dealkylation sites (tertiary alicyclic amines) is 1. The van der Waals surface area contributed by atoms with Gasteiger partial charge in [0.25, 0.3) is 5.91 Å². The number of anilines is 1. The van der Waals surface area contributed by atoms with Gasteiger partial charge in [0, 0.05) is 31.2 Å². The average Bonchev–Trinajstić information content (AvgIpc) is 3.11. The fourth-order valence-corrected chi connectivity index (χ4v) is 4.32. The van der Waals surface area contributed by atoms with E-state index < -0.39 is 10.0 Å². The van der Waals surface area contributed by atoms with Gasteiger partial charge in [-0.25, -0.2) is 8.42 Å². The van der Waals surface area contributed by atoms with Crippen molar-refractivity contribution in [3.05, 3.63) is 29.3 Å². The van der Waals surface area contributed by atoms with Crippen LogP contribution in [0.15, 0.2) is 18.2 Å². The second-order valence-electron chi connectivity index (χ2n) is 5.96. The molecule has 1 unspecified atom stereocenters. The summed E-state index contributed by atoms with van der Waals surface area (Å²) in [5, 5.41) is 0. The molecule has 0 aromatic heterocycles. The van der Waals surface area contributed by atoms with Gasteiger partial charge in [-0.15, -0.1) is 12.4 Å². The van der Waals surface area contributed by atoms with Crippen molar-refractivity contribution in [3.8, 4) is 0 Å². The van der Waals surface area contributed by atoms with Crippen molar-refractivity contribution in [1.82, 2.24) is 4.90 Å². The van der Waals surface area contributed by atoms with E-state index >= 15 is 0 Å². The molecular weight excluding hydrogens is 338 g/mol. The van der Waals surface area contributed by atoms with E-state index in [-0.39, 0.29) is 24.4 Å². The van der Waals surface area contributed by atoms with Gasteiger partial charge in [0.15, 0.2) is 0 Å². The molecule has 2 heterocycles. The maximum atomic E-state index is 12.6. The Hall–Kier alpha value is -1.31. The number of fused-ring (bicyclic) bond motifs is 1. The summed E-state index contributed by atoms with van der Waals surface area (Å²) in [6, 6.07) is 5.41. The van der Waals surface area contributed by atoms with Crippen molar-refractivity contribution in [1.29, 1.82) is 0 Å². The van der Waals surface area contributed by atoms with Gasteiger partial charge in [0.1, 0.15) is 0 Å². The minimum Gasteiger partial charge on any atom is -0.334 e. The van der Waals surface area contributed by atoms with Crippen LogP contribution in [0.4, 0.5) is 5.69 Å². The molecule has 2 aliphatic rings. The van der Waals surface area contributed by atoms with E-state index in [1.54, 1.807) is 12.1 Å². The highest BCUT2D eigenvalue weighted by atomic mass is 35.5. The molecule has 0 saturated carbocycles. The van der Waals surface area contributed by atoms with Gasteiger partial charge in [-0.05, 0) is 43.0 Å². The van der Waals surface area contributed by atoms with E-state index in [0.29, 0.717) is 30.8 Å². The molecule has 0 aliphatic carbocycles. The number of sulfonamides is 1. The highest BCUT2D eigenvalue weighted by Crippen LogP contribution is 2.31. The summed E-state index contributed by atoms with van der Waals surface area (Å²) in [6.07, 6.45) is 3.79. The Balaban J connectivity index is 0.00000192. The fraction of sp³-hybridized carbons (Fsp3) is 0.533. The molecule has 2 N–H and O–H groups in total. The van der Waals surface area contributed by atoms with Crippen LogP contribution in [0.5, 0.6) is 0 Å². The molecule has 1 amide bonds. The smallest absolute Gasteiger partial charge is 0.254 e. The van der Waals surface area contributed by atoms with Crippen LogP contribution in [0.1, 0.15) is 28.8 Å². The third-order valence-corrected chi connectivity index (χ3v) is 5.67. The predicted octanol–water partition coefficient (Wildman–Crippen LogP) is 0.994. The van der Waals surface area contributed by atoms with Crippen LogP contribution in [0, 0.1) is 0 Å². The number of carbonyl (C=O) groups excluding carboxylic acids is 1. The first-order chi connectivity index (χ1) is 10.4. The second kappa shape index (κ2) is 6.67. The topological polar surface area (TPSA) is 83.7 Å². The zero-order valence-corrected chi connectivity index (χ0v) is 14.7. The van der Waals surface area contributed by atoms with Crippen molar-refractivity contribution < 1.29 is 13.2 Å². The summed E-state index contributed by atoms with van der Waals surface area (Å²) in [4.78, 5) is 14.5. The van der Waals surface area contributed by atoms with Crippen molar-refractivity contribution in [2.24, 2.45) is 5.73 Å². The Morgan fingerprint density at radius 3 is 2.74 bits per heavy atom. The number of nitrogens with two attached hydrogens (primary N) is 1. The maximum Gasteiger partial charge on any atom is 0.254 e. The number of hydrogen-bond acceptors (Lipinski definition) is 4. The second-order valence-corrected chi connectivity index (χ2v) is 7.87. The molecule has 0 bridgehead atoms. The maximum absolute atomic E-state index is 12.6. The third-order valence-electron chi connectivity index (χ3n) is 4.49. The van der Waals surface area contributed by atoms with E-state index in [1.807, 2.05) is 11.0 Å². The van der Waals surface area contributed by atoms with Gasteiger partial charge in [-0.2, -0.15) is 0 Å². The number of hydrogen-bond donors (Lipinski definition) is 1. The Morgan fingerprint density at radius 2 is 2.09 bits per heavy atom. The Kier molecular flexibility index (Phi) is 5.23. The molecule has 1 aromatic rings. The molecule has 23 heavy (non-hydrogen) atoms. The van der Waals surface area contributed by atoms with E-state index in [2.05, 4.69) is 0 Å². The highest BCUT2D eigenvalue weighted by Gasteiger charge is 2.30. The normalized spacial score (nSPS) is 20.3. The largest absolute Gasteiger partial charge is 0.334 e. The lowest BCUT2D eigenvalue weighted by Crippen LogP contribution is -2.39. The van der Waals surface area contributed by atoms with Crippen LogP contribution in [-0.2, 0) is 16.4 Å². The Labute approximate surface area is 143 Å². The molecule has 2 aliphatic heterocycles. The van der Waals surface area contributed by atoms with Crippen LogP contribution < -0.4 is 10.0 Å². The van der Waals surface area contributed by atoms with Crippen molar-refractivity contribution in [2.75, 3.05) is 30.2 Å². The molecule has 128 valence electrons. The van der Waals surface area contributed by atoms with Gasteiger partial charge in [0.2, 0.25) is 10.0 Å². The lowest BCUT2D eigenvalue weighted by atomic mass is 10.1. The number of halogens is 1. The van der Waals surface area contributed by atoms with Crippen molar-refractivity contribution in [2.45, 2.75) is 25.3 Å². The molecule has 0 spiro atoms. The zero-order chi connectivity index (χ0) is 15.9. The number of rotatable bonds is 3. The molecule has 6 nitrogen and oxygen atoms in total. The summed E-state index contributed by atoms with van der Waals surface area (Å²) < 4.78 is 24.9. The quantitative estimate of drug-likeness (QED) is 0.872. The summed E-state index contributed by atoms with van der Waals surface area (Å²) >= 11 is 0. The molecule has 8 heteroatoms. The number of nitrogens with zero attached hydrogens (tertiary/aromatic N) is 2. The van der Waals surface area contributed by atoms with Crippen LogP contribution in [-0.4, -0.2) is 51.2 Å². The summed E-state index contributed by atoms with van der Waals surface area (Å²) in [7, 11) is -3.26. The first kappa shape index (κ1) is 18.0. The lowest BCUT2D eigenvalue weighted by Gasteiger charge is -2.24. The van der Waals surface area contributed by atoms with E-state index in [0.717, 1.165) is 24.9 Å². The van der Waals surface area contributed by atoms with E-state index in [4.69, 9.17) is 5.73 Å². The Bertz CT molecular complexity index is 708. The van der Waals surface area contributed by atoms with Crippen LogP contribution in [0.2, 0.25) is 0 Å². The molecule has 1 saturated heterocycles. The minimum atomic E-state index is -3.26. The molecule has 1 aromatic carbocycles. The van der Waals surface area contributed by atoms with Crippen molar-refractivity contribution >= 4 is 34.0 Å². The van der Waals surface area contributed by atoms with Crippen LogP contribution in [0.3, 0.4) is 0 Å². The number of benzene rings is 1. The molecule has 3 rings (SSSR count). The molecule has 1 atom stereocenters. The monoisotopic (exact) mass is 359 g/mol. The number of amides is 1. The van der Waals surface area contributed by atoms with E-state index in [1.165, 1.54) is 10.6 Å². The summed E-state index contributed by atoms with van der Waals surface area (Å²) in [5.41, 5.74) is 7.96. The van der Waals surface area contributed by atoms with Gasteiger partial charge >= 0.3 is 0 Å². The van der Waals surface area contributed by atoms with E-state index in [9.17, 15) is 13.2 Å².